The molecule has 1 aliphatic rings. The van der Waals surface area contributed by atoms with Crippen LogP contribution in [0.3, 0.4) is 0 Å². The molecule has 0 bridgehead atoms. The van der Waals surface area contributed by atoms with Crippen molar-refractivity contribution in [2.24, 2.45) is 7.05 Å². The zero-order valence-electron chi connectivity index (χ0n) is 18.8. The first-order valence-electron chi connectivity index (χ1n) is 11.0. The Labute approximate surface area is 191 Å². The molecule has 1 aliphatic heterocycles. The first-order valence-corrected chi connectivity index (χ1v) is 11.0. The lowest BCUT2D eigenvalue weighted by Crippen LogP contribution is -2.46. The molecule has 9 nitrogen and oxygen atoms in total. The highest BCUT2D eigenvalue weighted by Gasteiger charge is 2.28. The largest absolute Gasteiger partial charge is 0.488 e. The van der Waals surface area contributed by atoms with Crippen molar-refractivity contribution in [1.29, 1.82) is 0 Å². The number of aliphatic hydroxyl groups excluding tert-OH is 1. The van der Waals surface area contributed by atoms with Crippen LogP contribution in [0.1, 0.15) is 10.5 Å². The first kappa shape index (κ1) is 25.3. The van der Waals surface area contributed by atoms with E-state index in [4.69, 9.17) is 24.1 Å². The fourth-order valence-electron chi connectivity index (χ4n) is 3.61. The van der Waals surface area contributed by atoms with Gasteiger partial charge in [0.1, 0.15) is 6.61 Å². The van der Waals surface area contributed by atoms with Crippen molar-refractivity contribution >= 4 is 16.8 Å². The summed E-state index contributed by atoms with van der Waals surface area (Å²) in [4.78, 5) is 14.9. The zero-order valence-corrected chi connectivity index (χ0v) is 18.8. The maximum Gasteiger partial charge on any atom is 0.274 e. The van der Waals surface area contributed by atoms with E-state index in [0.29, 0.717) is 63.5 Å². The summed E-state index contributed by atoms with van der Waals surface area (Å²) in [5.41, 5.74) is 0.628. The van der Waals surface area contributed by atoms with Crippen LogP contribution >= 0.6 is 0 Å². The molecular formula is C22H31F2N3O6. The standard InChI is InChI=1S/C22H31F2N3O6/c1-26-19-15-18(24)17(23)14-16(19)21(20(26)22(29)27-4-2-25-3-5-27)33-13-12-32-11-10-31-9-8-30-7-6-28/h14-15,25,28H,2-13H2,1H3. The van der Waals surface area contributed by atoms with Gasteiger partial charge in [0.25, 0.3) is 5.91 Å². The van der Waals surface area contributed by atoms with Crippen LogP contribution in [0.2, 0.25) is 0 Å². The SMILES string of the molecule is Cn1c(C(=O)N2CCNCC2)c(OCCOCCOCCOCCO)c2cc(F)c(F)cc21. The molecule has 3 rings (SSSR count). The van der Waals surface area contributed by atoms with Crippen LogP contribution in [0, 0.1) is 11.6 Å². The minimum Gasteiger partial charge on any atom is -0.488 e. The van der Waals surface area contributed by atoms with Crippen LogP contribution in [0.15, 0.2) is 12.1 Å². The minimum atomic E-state index is -1.00. The van der Waals surface area contributed by atoms with Crippen LogP contribution in [-0.4, -0.2) is 99.5 Å². The molecule has 0 aliphatic carbocycles. The lowest BCUT2D eigenvalue weighted by Gasteiger charge is -2.27. The lowest BCUT2D eigenvalue weighted by atomic mass is 10.2. The number of hydrogen-bond acceptors (Lipinski definition) is 7. The van der Waals surface area contributed by atoms with Crippen LogP contribution in [-0.2, 0) is 21.3 Å². The second-order valence-corrected chi connectivity index (χ2v) is 7.47. The molecule has 2 aromatic rings. The van der Waals surface area contributed by atoms with Gasteiger partial charge in [-0.3, -0.25) is 4.79 Å². The highest BCUT2D eigenvalue weighted by atomic mass is 19.2. The quantitative estimate of drug-likeness (QED) is 0.420. The number of fused-ring (bicyclic) bond motifs is 1. The number of nitrogens with one attached hydrogen (secondary N) is 1. The number of rotatable bonds is 13. The Balaban J connectivity index is 1.61. The molecule has 1 aromatic carbocycles. The average Bonchev–Trinajstić information content (AvgIpc) is 3.08. The predicted octanol–water partition coefficient (Wildman–Crippen LogP) is 0.923. The van der Waals surface area contributed by atoms with E-state index in [1.54, 1.807) is 16.5 Å². The summed E-state index contributed by atoms with van der Waals surface area (Å²) < 4.78 is 51.2. The van der Waals surface area contributed by atoms with E-state index in [0.717, 1.165) is 12.1 Å². The maximum absolute atomic E-state index is 14.0. The number of piperazine rings is 1. The van der Waals surface area contributed by atoms with E-state index < -0.39 is 11.6 Å². The highest BCUT2D eigenvalue weighted by Crippen LogP contribution is 2.35. The second-order valence-electron chi connectivity index (χ2n) is 7.47. The Morgan fingerprint density at radius 1 is 0.970 bits per heavy atom. The van der Waals surface area contributed by atoms with Gasteiger partial charge in [-0.25, -0.2) is 8.78 Å². The van der Waals surface area contributed by atoms with E-state index in [2.05, 4.69) is 5.32 Å². The Morgan fingerprint density at radius 3 is 2.18 bits per heavy atom. The number of hydrogen-bond donors (Lipinski definition) is 2. The molecule has 0 spiro atoms. The summed E-state index contributed by atoms with van der Waals surface area (Å²) in [5.74, 6) is -2.02. The third kappa shape index (κ3) is 6.61. The summed E-state index contributed by atoms with van der Waals surface area (Å²) in [6, 6.07) is 2.13. The van der Waals surface area contributed by atoms with Crippen LogP contribution in [0.5, 0.6) is 5.75 Å². The molecule has 2 N–H and O–H groups in total. The van der Waals surface area contributed by atoms with Crippen molar-refractivity contribution in [3.8, 4) is 5.75 Å². The van der Waals surface area contributed by atoms with E-state index in [1.165, 1.54) is 0 Å². The third-order valence-corrected chi connectivity index (χ3v) is 5.26. The van der Waals surface area contributed by atoms with Gasteiger partial charge in [0.2, 0.25) is 0 Å². The Bertz CT molecular complexity index is 917. The normalized spacial score (nSPS) is 14.2. The van der Waals surface area contributed by atoms with E-state index >= 15 is 0 Å². The van der Waals surface area contributed by atoms with Gasteiger partial charge in [-0.15, -0.1) is 0 Å². The number of ether oxygens (including phenoxy) is 4. The number of halogens is 2. The van der Waals surface area contributed by atoms with Gasteiger partial charge in [0.05, 0.1) is 51.8 Å². The van der Waals surface area contributed by atoms with Crippen molar-refractivity contribution in [2.75, 3.05) is 79.0 Å². The van der Waals surface area contributed by atoms with Crippen molar-refractivity contribution in [1.82, 2.24) is 14.8 Å². The number of aliphatic hydroxyl groups is 1. The Morgan fingerprint density at radius 2 is 1.55 bits per heavy atom. The molecule has 2 heterocycles. The van der Waals surface area contributed by atoms with Gasteiger partial charge in [0.15, 0.2) is 23.1 Å². The second kappa shape index (κ2) is 12.8. The van der Waals surface area contributed by atoms with Crippen molar-refractivity contribution < 1.29 is 37.6 Å². The number of carbonyl (C=O) groups is 1. The number of benzene rings is 1. The molecule has 0 saturated carbocycles. The van der Waals surface area contributed by atoms with E-state index in [-0.39, 0.29) is 43.8 Å². The minimum absolute atomic E-state index is 0.0239. The van der Waals surface area contributed by atoms with E-state index in [9.17, 15) is 13.6 Å². The van der Waals surface area contributed by atoms with Gasteiger partial charge >= 0.3 is 0 Å². The average molecular weight is 472 g/mol. The third-order valence-electron chi connectivity index (χ3n) is 5.26. The molecule has 1 amide bonds. The molecule has 0 atom stereocenters. The maximum atomic E-state index is 14.0. The van der Waals surface area contributed by atoms with Gasteiger partial charge in [-0.2, -0.15) is 0 Å². The Hall–Kier alpha value is -2.31. The topological polar surface area (TPSA) is 94.4 Å². The molecule has 33 heavy (non-hydrogen) atoms. The summed E-state index contributed by atoms with van der Waals surface area (Å²) >= 11 is 0. The summed E-state index contributed by atoms with van der Waals surface area (Å²) in [6.45, 7) is 4.54. The number of nitrogens with zero attached hydrogens (tertiary/aromatic N) is 2. The molecule has 0 radical (unpaired) electrons. The lowest BCUT2D eigenvalue weighted by molar-refractivity contribution is 0.00361. The Kier molecular flexibility index (Phi) is 9.82. The number of aryl methyl sites for hydroxylation is 1. The monoisotopic (exact) mass is 471 g/mol. The number of aromatic nitrogens is 1. The molecule has 184 valence electrons. The van der Waals surface area contributed by atoms with Gasteiger partial charge in [-0.05, 0) is 6.07 Å². The molecule has 1 fully saturated rings. The van der Waals surface area contributed by atoms with Crippen molar-refractivity contribution in [2.45, 2.75) is 0 Å². The smallest absolute Gasteiger partial charge is 0.274 e. The fraction of sp³-hybridized carbons (Fsp3) is 0.591. The molecule has 1 aromatic heterocycles. The summed E-state index contributed by atoms with van der Waals surface area (Å²) in [6.07, 6.45) is 0. The predicted molar refractivity (Wildman–Crippen MR) is 117 cm³/mol. The molecular weight excluding hydrogens is 440 g/mol. The van der Waals surface area contributed by atoms with Crippen LogP contribution in [0.25, 0.3) is 10.9 Å². The van der Waals surface area contributed by atoms with E-state index in [1.807, 2.05) is 0 Å². The van der Waals surface area contributed by atoms with Crippen molar-refractivity contribution in [3.63, 3.8) is 0 Å². The van der Waals surface area contributed by atoms with Gasteiger partial charge < -0.3 is 38.8 Å². The summed E-state index contributed by atoms with van der Waals surface area (Å²) in [5, 5.41) is 12.1. The molecule has 1 saturated heterocycles. The first-order chi connectivity index (χ1) is 16.0. The highest BCUT2D eigenvalue weighted by molar-refractivity contribution is 6.04. The zero-order chi connectivity index (χ0) is 23.6. The number of carbonyl (C=O) groups excluding carboxylic acids is 1. The van der Waals surface area contributed by atoms with Crippen molar-refractivity contribution in [3.05, 3.63) is 29.5 Å². The van der Waals surface area contributed by atoms with Crippen LogP contribution < -0.4 is 10.1 Å². The van der Waals surface area contributed by atoms with Gasteiger partial charge in [0, 0.05) is 44.7 Å². The van der Waals surface area contributed by atoms with Gasteiger partial charge in [-0.1, -0.05) is 0 Å². The summed E-state index contributed by atoms with van der Waals surface area (Å²) in [7, 11) is 1.64. The van der Waals surface area contributed by atoms with Crippen LogP contribution in [0.4, 0.5) is 8.78 Å². The molecule has 0 unspecified atom stereocenters. The number of amides is 1. The fourth-order valence-corrected chi connectivity index (χ4v) is 3.61. The molecule has 11 heteroatoms.